The number of hydrogen-bond donors (Lipinski definition) is 1. The molecule has 0 aliphatic heterocycles. The molecule has 0 saturated carbocycles. The number of furan rings is 1. The number of nitrogens with one attached hydrogen (secondary N) is 1. The van der Waals surface area contributed by atoms with Gasteiger partial charge < -0.3 is 14.3 Å². The quantitative estimate of drug-likeness (QED) is 0.834. The summed E-state index contributed by atoms with van der Waals surface area (Å²) in [5.41, 5.74) is 0.898. The number of nitrogens with zero attached hydrogens (tertiary/aromatic N) is 1. The molecule has 2 heterocycles. The lowest BCUT2D eigenvalue weighted by Gasteiger charge is -2.10. The van der Waals surface area contributed by atoms with E-state index < -0.39 is 0 Å². The van der Waals surface area contributed by atoms with Crippen molar-refractivity contribution in [3.8, 4) is 11.5 Å². The van der Waals surface area contributed by atoms with Crippen molar-refractivity contribution in [1.29, 1.82) is 0 Å². The fraction of sp³-hybridized carbons (Fsp3) is 0.462. The van der Waals surface area contributed by atoms with Crippen molar-refractivity contribution in [3.05, 3.63) is 30.2 Å². The molecule has 0 bridgehead atoms. The molecule has 1 atom stereocenters. The van der Waals surface area contributed by atoms with Gasteiger partial charge in [-0.25, -0.2) is 0 Å². The molecule has 5 heteroatoms. The first-order valence-corrected chi connectivity index (χ1v) is 7.25. The Bertz CT molecular complexity index is 453. The molecule has 0 fully saturated rings. The number of hydrogen-bond acceptors (Lipinski definition) is 5. The summed E-state index contributed by atoms with van der Waals surface area (Å²) in [4.78, 5) is 0. The predicted octanol–water partition coefficient (Wildman–Crippen LogP) is 3.17. The summed E-state index contributed by atoms with van der Waals surface area (Å²) in [5.74, 6) is 3.65. The van der Waals surface area contributed by atoms with Crippen LogP contribution < -0.4 is 5.32 Å². The molecule has 0 aliphatic carbocycles. The van der Waals surface area contributed by atoms with E-state index in [1.54, 1.807) is 6.26 Å². The van der Waals surface area contributed by atoms with Crippen LogP contribution in [0, 0.1) is 0 Å². The molecule has 4 nitrogen and oxygen atoms in total. The Balaban J connectivity index is 1.84. The second-order valence-corrected chi connectivity index (χ2v) is 5.42. The second kappa shape index (κ2) is 6.66. The molecular formula is C13H18N2O2S. The van der Waals surface area contributed by atoms with E-state index in [0.717, 1.165) is 23.7 Å². The van der Waals surface area contributed by atoms with E-state index in [-0.39, 0.29) is 0 Å². The number of aromatic nitrogens is 1. The Hall–Kier alpha value is -1.20. The molecule has 0 aliphatic rings. The minimum absolute atomic E-state index is 0.471. The fourth-order valence-corrected chi connectivity index (χ4v) is 2.27. The maximum Gasteiger partial charge on any atom is 0.202 e. The fourth-order valence-electron chi connectivity index (χ4n) is 1.56. The molecule has 2 aromatic rings. The monoisotopic (exact) mass is 266 g/mol. The first kappa shape index (κ1) is 13.2. The third-order valence-corrected chi connectivity index (χ3v) is 3.67. The molecule has 2 rings (SSSR count). The van der Waals surface area contributed by atoms with Gasteiger partial charge in [0.05, 0.1) is 12.0 Å². The first-order valence-electron chi connectivity index (χ1n) is 6.10. The van der Waals surface area contributed by atoms with Gasteiger partial charge in [-0.2, -0.15) is 11.8 Å². The minimum atomic E-state index is 0.471. The molecule has 0 saturated heterocycles. The van der Waals surface area contributed by atoms with Crippen molar-refractivity contribution in [1.82, 2.24) is 10.5 Å². The summed E-state index contributed by atoms with van der Waals surface area (Å²) in [6.07, 6.45) is 1.62. The highest BCUT2D eigenvalue weighted by Gasteiger charge is 2.09. The normalized spacial score (nSPS) is 12.8. The highest BCUT2D eigenvalue weighted by molar-refractivity contribution is 7.99. The lowest BCUT2D eigenvalue weighted by atomic mass is 10.3. The Morgan fingerprint density at radius 3 is 3.06 bits per heavy atom. The maximum atomic E-state index is 5.25. The predicted molar refractivity (Wildman–Crippen MR) is 73.5 cm³/mol. The second-order valence-electron chi connectivity index (χ2n) is 4.10. The van der Waals surface area contributed by atoms with E-state index in [9.17, 15) is 0 Å². The number of rotatable bonds is 7. The van der Waals surface area contributed by atoms with Gasteiger partial charge in [-0.1, -0.05) is 12.1 Å². The molecule has 98 valence electrons. The van der Waals surface area contributed by atoms with Gasteiger partial charge in [-0.15, -0.1) is 0 Å². The molecule has 0 spiro atoms. The largest absolute Gasteiger partial charge is 0.461 e. The average Bonchev–Trinajstić information content (AvgIpc) is 3.03. The Morgan fingerprint density at radius 2 is 2.33 bits per heavy atom. The van der Waals surface area contributed by atoms with E-state index in [4.69, 9.17) is 8.94 Å². The van der Waals surface area contributed by atoms with E-state index in [1.165, 1.54) is 0 Å². The van der Waals surface area contributed by atoms with Crippen LogP contribution in [0.1, 0.15) is 19.5 Å². The zero-order valence-corrected chi connectivity index (χ0v) is 11.5. The third kappa shape index (κ3) is 3.65. The average molecular weight is 266 g/mol. The van der Waals surface area contributed by atoms with Gasteiger partial charge >= 0.3 is 0 Å². The van der Waals surface area contributed by atoms with Gasteiger partial charge in [-0.05, 0) is 24.8 Å². The summed E-state index contributed by atoms with van der Waals surface area (Å²) in [7, 11) is 0. The molecule has 1 N–H and O–H groups in total. The van der Waals surface area contributed by atoms with E-state index >= 15 is 0 Å². The van der Waals surface area contributed by atoms with Crippen LogP contribution in [0.5, 0.6) is 0 Å². The van der Waals surface area contributed by atoms with Crippen LogP contribution >= 0.6 is 11.8 Å². The minimum Gasteiger partial charge on any atom is -0.461 e. The van der Waals surface area contributed by atoms with Crippen molar-refractivity contribution >= 4 is 11.8 Å². The highest BCUT2D eigenvalue weighted by Crippen LogP contribution is 2.20. The summed E-state index contributed by atoms with van der Waals surface area (Å²) < 4.78 is 10.5. The van der Waals surface area contributed by atoms with Crippen LogP contribution in [0.2, 0.25) is 0 Å². The molecule has 0 aromatic carbocycles. The molecular weight excluding hydrogens is 248 g/mol. The molecule has 0 unspecified atom stereocenters. The standard InChI is InChI=1S/C13H18N2O2S/c1-3-18-9-10(2)14-8-11-7-13(17-15-11)12-5-4-6-16-12/h4-7,10,14H,3,8-9H2,1-2H3/t10-/m0/s1. The van der Waals surface area contributed by atoms with Gasteiger partial charge in [0.2, 0.25) is 5.76 Å². The van der Waals surface area contributed by atoms with Gasteiger partial charge in [0.15, 0.2) is 5.76 Å². The van der Waals surface area contributed by atoms with E-state index in [1.807, 2.05) is 30.0 Å². The molecule has 18 heavy (non-hydrogen) atoms. The Labute approximate surface area is 111 Å². The lowest BCUT2D eigenvalue weighted by Crippen LogP contribution is -2.27. The zero-order valence-electron chi connectivity index (χ0n) is 10.7. The van der Waals surface area contributed by atoms with Crippen molar-refractivity contribution < 1.29 is 8.94 Å². The SMILES string of the molecule is CCSC[C@H](C)NCc1cc(-c2ccco2)on1. The zero-order chi connectivity index (χ0) is 12.8. The van der Waals surface area contributed by atoms with Gasteiger partial charge in [-0.3, -0.25) is 0 Å². The molecule has 0 amide bonds. The summed E-state index contributed by atoms with van der Waals surface area (Å²) in [6.45, 7) is 5.07. The number of thioether (sulfide) groups is 1. The topological polar surface area (TPSA) is 51.2 Å². The molecule has 2 aromatic heterocycles. The maximum absolute atomic E-state index is 5.25. The van der Waals surface area contributed by atoms with Crippen molar-refractivity contribution in [2.75, 3.05) is 11.5 Å². The summed E-state index contributed by atoms with van der Waals surface area (Å²) in [5, 5.41) is 7.44. The van der Waals surface area contributed by atoms with Gasteiger partial charge in [0.25, 0.3) is 0 Å². The van der Waals surface area contributed by atoms with Crippen LogP contribution in [-0.4, -0.2) is 22.7 Å². The van der Waals surface area contributed by atoms with Crippen molar-refractivity contribution in [2.45, 2.75) is 26.4 Å². The Kier molecular flexibility index (Phi) is 4.90. The lowest BCUT2D eigenvalue weighted by molar-refractivity contribution is 0.406. The summed E-state index contributed by atoms with van der Waals surface area (Å²) in [6, 6.07) is 6.07. The van der Waals surface area contributed by atoms with Crippen LogP contribution in [0.15, 0.2) is 33.4 Å². The highest BCUT2D eigenvalue weighted by atomic mass is 32.2. The van der Waals surface area contributed by atoms with Gasteiger partial charge in [0, 0.05) is 24.4 Å². The van der Waals surface area contributed by atoms with Crippen molar-refractivity contribution in [3.63, 3.8) is 0 Å². The van der Waals surface area contributed by atoms with Crippen LogP contribution in [0.25, 0.3) is 11.5 Å². The summed E-state index contributed by atoms with van der Waals surface area (Å²) >= 11 is 1.93. The Morgan fingerprint density at radius 1 is 1.44 bits per heavy atom. The van der Waals surface area contributed by atoms with E-state index in [2.05, 4.69) is 24.3 Å². The van der Waals surface area contributed by atoms with Crippen LogP contribution in [-0.2, 0) is 6.54 Å². The smallest absolute Gasteiger partial charge is 0.202 e. The molecule has 0 radical (unpaired) electrons. The van der Waals surface area contributed by atoms with Crippen LogP contribution in [0.3, 0.4) is 0 Å². The van der Waals surface area contributed by atoms with E-state index in [0.29, 0.717) is 17.6 Å². The van der Waals surface area contributed by atoms with Gasteiger partial charge in [0.1, 0.15) is 0 Å². The van der Waals surface area contributed by atoms with Crippen molar-refractivity contribution in [2.24, 2.45) is 0 Å². The third-order valence-electron chi connectivity index (χ3n) is 2.53. The van der Waals surface area contributed by atoms with Crippen LogP contribution in [0.4, 0.5) is 0 Å². The first-order chi connectivity index (χ1) is 8.79.